The summed E-state index contributed by atoms with van der Waals surface area (Å²) in [6, 6.07) is 8.15. The van der Waals surface area contributed by atoms with Gasteiger partial charge in [0.05, 0.1) is 6.04 Å². The van der Waals surface area contributed by atoms with Gasteiger partial charge in [0, 0.05) is 12.7 Å². The number of hydrogen-bond donors (Lipinski definition) is 1. The largest absolute Gasteiger partial charge is 0.314 e. The van der Waals surface area contributed by atoms with Crippen LogP contribution in [0, 0.1) is 18.8 Å². The molecule has 2 fully saturated rings. The quantitative estimate of drug-likeness (QED) is 0.862. The number of hydrogen-bond acceptors (Lipinski definition) is 2. The van der Waals surface area contributed by atoms with E-state index in [1.54, 1.807) is 4.90 Å². The van der Waals surface area contributed by atoms with Crippen molar-refractivity contribution in [2.75, 3.05) is 18.5 Å². The lowest BCUT2D eigenvalue weighted by molar-refractivity contribution is -0.121. The molecule has 3 nitrogen and oxygen atoms in total. The first-order valence-corrected chi connectivity index (χ1v) is 6.74. The maximum Gasteiger partial charge on any atom is 0.244 e. The molecular formula is C15H20N2O. The molecule has 1 aliphatic carbocycles. The van der Waals surface area contributed by atoms with Gasteiger partial charge in [0.15, 0.2) is 0 Å². The van der Waals surface area contributed by atoms with Gasteiger partial charge >= 0.3 is 0 Å². The molecule has 3 rings (SSSR count). The minimum atomic E-state index is 0.0364. The minimum Gasteiger partial charge on any atom is -0.314 e. The molecule has 1 aromatic rings. The molecule has 1 aromatic carbocycles. The second-order valence-corrected chi connectivity index (χ2v) is 5.62. The van der Waals surface area contributed by atoms with E-state index in [9.17, 15) is 4.79 Å². The maximum absolute atomic E-state index is 12.5. The van der Waals surface area contributed by atoms with E-state index < -0.39 is 0 Å². The average molecular weight is 244 g/mol. The number of nitrogens with one attached hydrogen (secondary N) is 1. The van der Waals surface area contributed by atoms with Gasteiger partial charge < -0.3 is 10.2 Å². The number of carbonyl (C=O) groups excluding carboxylic acids is 1. The molecule has 0 bridgehead atoms. The zero-order valence-electron chi connectivity index (χ0n) is 11.0. The van der Waals surface area contributed by atoms with E-state index in [1.165, 1.54) is 18.4 Å². The Labute approximate surface area is 108 Å². The van der Waals surface area contributed by atoms with Crippen LogP contribution in [-0.4, -0.2) is 25.5 Å². The van der Waals surface area contributed by atoms with E-state index in [1.807, 2.05) is 19.2 Å². The monoisotopic (exact) mass is 244 g/mol. The number of rotatable bonds is 2. The van der Waals surface area contributed by atoms with Crippen LogP contribution < -0.4 is 10.2 Å². The standard InChI is InChI=1S/C15H20N2O/c1-10-4-3-5-12(8-10)17(2)15(18)14-13-7-6-11(13)9-16-14/h3-5,8,11,13-14,16H,6-7,9H2,1-2H3. The van der Waals surface area contributed by atoms with Gasteiger partial charge in [0.1, 0.15) is 0 Å². The molecule has 3 atom stereocenters. The number of anilines is 1. The van der Waals surface area contributed by atoms with E-state index in [2.05, 4.69) is 24.4 Å². The van der Waals surface area contributed by atoms with Gasteiger partial charge in [-0.1, -0.05) is 12.1 Å². The van der Waals surface area contributed by atoms with Gasteiger partial charge in [-0.05, 0) is 55.8 Å². The molecule has 1 saturated carbocycles. The van der Waals surface area contributed by atoms with Gasteiger partial charge in [-0.2, -0.15) is 0 Å². The first-order chi connectivity index (χ1) is 8.66. The van der Waals surface area contributed by atoms with Crippen molar-refractivity contribution >= 4 is 11.6 Å². The van der Waals surface area contributed by atoms with E-state index in [0.29, 0.717) is 5.92 Å². The molecular weight excluding hydrogens is 224 g/mol. The van der Waals surface area contributed by atoms with E-state index in [0.717, 1.165) is 18.2 Å². The summed E-state index contributed by atoms with van der Waals surface area (Å²) in [6.07, 6.45) is 2.49. The van der Waals surface area contributed by atoms with E-state index >= 15 is 0 Å². The van der Waals surface area contributed by atoms with Crippen LogP contribution in [-0.2, 0) is 4.79 Å². The summed E-state index contributed by atoms with van der Waals surface area (Å²) < 4.78 is 0. The van der Waals surface area contributed by atoms with Crippen molar-refractivity contribution in [3.63, 3.8) is 0 Å². The molecule has 18 heavy (non-hydrogen) atoms. The number of aryl methyl sites for hydroxylation is 1. The Kier molecular flexibility index (Phi) is 2.86. The smallest absolute Gasteiger partial charge is 0.244 e. The summed E-state index contributed by atoms with van der Waals surface area (Å²) in [6.45, 7) is 3.07. The zero-order valence-corrected chi connectivity index (χ0v) is 11.0. The maximum atomic E-state index is 12.5. The third kappa shape index (κ3) is 1.83. The molecule has 0 aromatic heterocycles. The Hall–Kier alpha value is -1.35. The van der Waals surface area contributed by atoms with Crippen molar-refractivity contribution in [3.05, 3.63) is 29.8 Å². The summed E-state index contributed by atoms with van der Waals surface area (Å²) in [7, 11) is 1.88. The second-order valence-electron chi connectivity index (χ2n) is 5.62. The lowest BCUT2D eigenvalue weighted by Gasteiger charge is -2.33. The number of likely N-dealkylation sites (N-methyl/N-ethyl adjacent to an activating group) is 1. The third-order valence-corrected chi connectivity index (χ3v) is 4.49. The van der Waals surface area contributed by atoms with Crippen molar-refractivity contribution in [1.82, 2.24) is 5.32 Å². The van der Waals surface area contributed by atoms with Crippen LogP contribution in [0.4, 0.5) is 5.69 Å². The SMILES string of the molecule is Cc1cccc(N(C)C(=O)C2NCC3CCC32)c1. The number of amides is 1. The molecule has 3 heteroatoms. The minimum absolute atomic E-state index is 0.0364. The van der Waals surface area contributed by atoms with Crippen molar-refractivity contribution in [1.29, 1.82) is 0 Å². The molecule has 1 aliphatic heterocycles. The Morgan fingerprint density at radius 1 is 1.39 bits per heavy atom. The summed E-state index contributed by atoms with van der Waals surface area (Å²) in [5, 5.41) is 3.39. The highest BCUT2D eigenvalue weighted by molar-refractivity contribution is 5.97. The fraction of sp³-hybridized carbons (Fsp3) is 0.533. The lowest BCUT2D eigenvalue weighted by Crippen LogP contribution is -2.46. The summed E-state index contributed by atoms with van der Waals surface area (Å²) in [4.78, 5) is 14.3. The molecule has 96 valence electrons. The molecule has 3 unspecified atom stereocenters. The molecule has 1 amide bonds. The van der Waals surface area contributed by atoms with E-state index in [-0.39, 0.29) is 11.9 Å². The first-order valence-electron chi connectivity index (χ1n) is 6.74. The second kappa shape index (κ2) is 4.39. The molecule has 1 N–H and O–H groups in total. The highest BCUT2D eigenvalue weighted by Crippen LogP contribution is 2.41. The number of benzene rings is 1. The average Bonchev–Trinajstić information content (AvgIpc) is 2.62. The van der Waals surface area contributed by atoms with Crippen molar-refractivity contribution in [3.8, 4) is 0 Å². The van der Waals surface area contributed by atoms with Crippen LogP contribution in [0.25, 0.3) is 0 Å². The fourth-order valence-corrected chi connectivity index (χ4v) is 3.16. The number of carbonyl (C=O) groups is 1. The van der Waals surface area contributed by atoms with Crippen LogP contribution in [0.3, 0.4) is 0 Å². The predicted octanol–water partition coefficient (Wildman–Crippen LogP) is 1.96. The summed E-state index contributed by atoms with van der Waals surface area (Å²) in [5.74, 6) is 1.53. The molecule has 0 radical (unpaired) electrons. The lowest BCUT2D eigenvalue weighted by atomic mass is 9.73. The molecule has 0 spiro atoms. The molecule has 2 aliphatic rings. The number of nitrogens with zero attached hydrogens (tertiary/aromatic N) is 1. The van der Waals surface area contributed by atoms with Gasteiger partial charge in [-0.3, -0.25) is 4.79 Å². The van der Waals surface area contributed by atoms with Crippen LogP contribution >= 0.6 is 0 Å². The van der Waals surface area contributed by atoms with Crippen molar-refractivity contribution in [2.24, 2.45) is 11.8 Å². The highest BCUT2D eigenvalue weighted by atomic mass is 16.2. The normalized spacial score (nSPS) is 29.6. The predicted molar refractivity (Wildman–Crippen MR) is 72.6 cm³/mol. The highest BCUT2D eigenvalue weighted by Gasteiger charge is 2.46. The van der Waals surface area contributed by atoms with Crippen LogP contribution in [0.2, 0.25) is 0 Å². The fourth-order valence-electron chi connectivity index (χ4n) is 3.16. The van der Waals surface area contributed by atoms with Gasteiger partial charge in [0.25, 0.3) is 0 Å². The first kappa shape index (κ1) is 11.7. The molecule has 1 saturated heterocycles. The van der Waals surface area contributed by atoms with Crippen LogP contribution in [0.5, 0.6) is 0 Å². The Balaban J connectivity index is 1.76. The zero-order chi connectivity index (χ0) is 12.7. The van der Waals surface area contributed by atoms with Gasteiger partial charge in [0.2, 0.25) is 5.91 Å². The molecule has 1 heterocycles. The summed E-state index contributed by atoms with van der Waals surface area (Å²) >= 11 is 0. The topological polar surface area (TPSA) is 32.3 Å². The van der Waals surface area contributed by atoms with Crippen LogP contribution in [0.15, 0.2) is 24.3 Å². The Morgan fingerprint density at radius 3 is 2.83 bits per heavy atom. The number of fused-ring (bicyclic) bond motifs is 1. The van der Waals surface area contributed by atoms with Gasteiger partial charge in [-0.15, -0.1) is 0 Å². The van der Waals surface area contributed by atoms with Crippen molar-refractivity contribution in [2.45, 2.75) is 25.8 Å². The van der Waals surface area contributed by atoms with E-state index in [4.69, 9.17) is 0 Å². The Bertz CT molecular complexity index is 471. The Morgan fingerprint density at radius 2 is 2.22 bits per heavy atom. The summed E-state index contributed by atoms with van der Waals surface area (Å²) in [5.41, 5.74) is 2.18. The van der Waals surface area contributed by atoms with Gasteiger partial charge in [-0.25, -0.2) is 0 Å². The van der Waals surface area contributed by atoms with Crippen LogP contribution in [0.1, 0.15) is 18.4 Å². The van der Waals surface area contributed by atoms with Crippen molar-refractivity contribution < 1.29 is 4.79 Å². The third-order valence-electron chi connectivity index (χ3n) is 4.49.